The molecule has 0 saturated heterocycles. The molecule has 1 aromatic carbocycles. The fourth-order valence-electron chi connectivity index (χ4n) is 3.00. The molecule has 1 aliphatic carbocycles. The van der Waals surface area contributed by atoms with Crippen LogP contribution >= 0.6 is 15.9 Å². The molecule has 24 heavy (non-hydrogen) atoms. The fraction of sp³-hybridized carbons (Fsp3) is 0.444. The molecule has 0 spiro atoms. The highest BCUT2D eigenvalue weighted by atomic mass is 79.9. The zero-order valence-electron chi connectivity index (χ0n) is 13.5. The minimum absolute atomic E-state index is 0.0520. The monoisotopic (exact) mass is 391 g/mol. The van der Waals surface area contributed by atoms with Gasteiger partial charge in [-0.2, -0.15) is 0 Å². The summed E-state index contributed by atoms with van der Waals surface area (Å²) < 4.78 is 6.73. The van der Waals surface area contributed by atoms with Gasteiger partial charge >= 0.3 is 0 Å². The van der Waals surface area contributed by atoms with Gasteiger partial charge in [0.1, 0.15) is 0 Å². The number of carbonyl (C=O) groups excluding carboxylic acids is 1. The normalized spacial score (nSPS) is 20.8. The zero-order chi connectivity index (χ0) is 16.9. The van der Waals surface area contributed by atoms with E-state index in [0.717, 1.165) is 35.7 Å². The molecule has 0 unspecified atom stereocenters. The standard InChI is InChI=1S/C18H22BrN3O2/c19-15-4-2-1-3-14(15)16-11-21-18(24-16)10-9-17(23)22-13-7-5-12(20)6-8-13/h1-4,11-13H,5-10,20H2,(H,22,23). The molecule has 1 heterocycles. The molecule has 1 saturated carbocycles. The number of oxazole rings is 1. The van der Waals surface area contributed by atoms with Crippen molar-refractivity contribution in [3.8, 4) is 11.3 Å². The van der Waals surface area contributed by atoms with Gasteiger partial charge in [-0.3, -0.25) is 4.79 Å². The molecule has 0 radical (unpaired) electrons. The summed E-state index contributed by atoms with van der Waals surface area (Å²) in [7, 11) is 0. The number of benzene rings is 1. The lowest BCUT2D eigenvalue weighted by molar-refractivity contribution is -0.122. The smallest absolute Gasteiger partial charge is 0.220 e. The molecule has 0 atom stereocenters. The van der Waals surface area contributed by atoms with Gasteiger partial charge < -0.3 is 15.5 Å². The number of aromatic nitrogens is 1. The molecule has 1 aromatic heterocycles. The molecular weight excluding hydrogens is 370 g/mol. The van der Waals surface area contributed by atoms with Gasteiger partial charge in [-0.1, -0.05) is 34.1 Å². The van der Waals surface area contributed by atoms with Crippen LogP contribution in [0.3, 0.4) is 0 Å². The number of hydrogen-bond acceptors (Lipinski definition) is 4. The predicted molar refractivity (Wildman–Crippen MR) is 96.3 cm³/mol. The molecule has 1 aliphatic rings. The van der Waals surface area contributed by atoms with E-state index in [1.807, 2.05) is 24.3 Å². The van der Waals surface area contributed by atoms with Gasteiger partial charge in [-0.25, -0.2) is 4.98 Å². The van der Waals surface area contributed by atoms with Crippen LogP contribution in [0, 0.1) is 0 Å². The quantitative estimate of drug-likeness (QED) is 0.817. The molecule has 6 heteroatoms. The summed E-state index contributed by atoms with van der Waals surface area (Å²) in [6.45, 7) is 0. The summed E-state index contributed by atoms with van der Waals surface area (Å²) in [5, 5.41) is 3.09. The lowest BCUT2D eigenvalue weighted by Gasteiger charge is -2.26. The molecule has 3 N–H and O–H groups in total. The summed E-state index contributed by atoms with van der Waals surface area (Å²) in [6.07, 6.45) is 6.51. The topological polar surface area (TPSA) is 81.1 Å². The minimum Gasteiger partial charge on any atom is -0.441 e. The van der Waals surface area contributed by atoms with E-state index >= 15 is 0 Å². The summed E-state index contributed by atoms with van der Waals surface area (Å²) in [5.41, 5.74) is 6.84. The Morgan fingerprint density at radius 1 is 1.29 bits per heavy atom. The van der Waals surface area contributed by atoms with Crippen molar-refractivity contribution in [2.45, 2.75) is 50.6 Å². The van der Waals surface area contributed by atoms with Crippen LogP contribution in [-0.2, 0) is 11.2 Å². The Bertz CT molecular complexity index is 693. The largest absolute Gasteiger partial charge is 0.441 e. The van der Waals surface area contributed by atoms with Gasteiger partial charge in [0.15, 0.2) is 11.7 Å². The van der Waals surface area contributed by atoms with Crippen LogP contribution in [0.5, 0.6) is 0 Å². The predicted octanol–water partition coefficient (Wildman–Crippen LogP) is 3.42. The Morgan fingerprint density at radius 2 is 2.04 bits per heavy atom. The second kappa shape index (κ2) is 7.94. The summed E-state index contributed by atoms with van der Waals surface area (Å²) in [4.78, 5) is 16.4. The average Bonchev–Trinajstić information content (AvgIpc) is 3.04. The third-order valence-corrected chi connectivity index (χ3v) is 5.09. The second-order valence-electron chi connectivity index (χ2n) is 6.28. The van der Waals surface area contributed by atoms with E-state index in [0.29, 0.717) is 30.5 Å². The number of amides is 1. The van der Waals surface area contributed by atoms with Gasteiger partial charge in [0.2, 0.25) is 5.91 Å². The first-order valence-electron chi connectivity index (χ1n) is 8.36. The Kier molecular flexibility index (Phi) is 5.68. The van der Waals surface area contributed by atoms with Crippen LogP contribution in [0.1, 0.15) is 38.0 Å². The van der Waals surface area contributed by atoms with Gasteiger partial charge in [0.05, 0.1) is 6.20 Å². The van der Waals surface area contributed by atoms with E-state index in [4.69, 9.17) is 10.2 Å². The van der Waals surface area contributed by atoms with Crippen molar-refractivity contribution >= 4 is 21.8 Å². The number of halogens is 1. The maximum absolute atomic E-state index is 12.1. The van der Waals surface area contributed by atoms with Crippen LogP contribution in [0.4, 0.5) is 0 Å². The van der Waals surface area contributed by atoms with Crippen LogP contribution < -0.4 is 11.1 Å². The fourth-order valence-corrected chi connectivity index (χ4v) is 3.48. The Hall–Kier alpha value is -1.66. The van der Waals surface area contributed by atoms with E-state index < -0.39 is 0 Å². The number of nitrogens with zero attached hydrogens (tertiary/aromatic N) is 1. The van der Waals surface area contributed by atoms with Crippen molar-refractivity contribution < 1.29 is 9.21 Å². The summed E-state index contributed by atoms with van der Waals surface area (Å²) >= 11 is 3.50. The molecule has 1 fully saturated rings. The van der Waals surface area contributed by atoms with Gasteiger partial charge in [-0.15, -0.1) is 0 Å². The highest BCUT2D eigenvalue weighted by Gasteiger charge is 2.20. The van der Waals surface area contributed by atoms with E-state index in [1.165, 1.54) is 0 Å². The second-order valence-corrected chi connectivity index (χ2v) is 7.13. The van der Waals surface area contributed by atoms with Gasteiger partial charge in [0, 0.05) is 35.0 Å². The third kappa shape index (κ3) is 4.45. The number of nitrogens with two attached hydrogens (primary N) is 1. The van der Waals surface area contributed by atoms with Crippen molar-refractivity contribution in [1.29, 1.82) is 0 Å². The van der Waals surface area contributed by atoms with Crippen molar-refractivity contribution in [3.63, 3.8) is 0 Å². The average molecular weight is 392 g/mol. The first-order valence-corrected chi connectivity index (χ1v) is 9.15. The van der Waals surface area contributed by atoms with E-state index in [1.54, 1.807) is 6.20 Å². The van der Waals surface area contributed by atoms with Crippen LogP contribution in [0.15, 0.2) is 39.4 Å². The molecule has 3 rings (SSSR count). The first kappa shape index (κ1) is 17.2. The maximum Gasteiger partial charge on any atom is 0.220 e. The van der Waals surface area contributed by atoms with Crippen molar-refractivity contribution in [3.05, 3.63) is 40.8 Å². The maximum atomic E-state index is 12.1. The van der Waals surface area contributed by atoms with Crippen LogP contribution in [-0.4, -0.2) is 23.0 Å². The molecule has 1 amide bonds. The SMILES string of the molecule is NC1CCC(NC(=O)CCc2ncc(-c3ccccc3Br)o2)CC1. The number of nitrogens with one attached hydrogen (secondary N) is 1. The highest BCUT2D eigenvalue weighted by molar-refractivity contribution is 9.10. The van der Waals surface area contributed by atoms with Gasteiger partial charge in [0.25, 0.3) is 0 Å². The highest BCUT2D eigenvalue weighted by Crippen LogP contribution is 2.28. The van der Waals surface area contributed by atoms with Crippen LogP contribution in [0.2, 0.25) is 0 Å². The van der Waals surface area contributed by atoms with E-state index in [-0.39, 0.29) is 11.9 Å². The molecule has 2 aromatic rings. The molecule has 0 aliphatic heterocycles. The molecule has 0 bridgehead atoms. The third-order valence-electron chi connectivity index (χ3n) is 4.40. The first-order chi connectivity index (χ1) is 11.6. The van der Waals surface area contributed by atoms with Crippen molar-refractivity contribution in [1.82, 2.24) is 10.3 Å². The summed E-state index contributed by atoms with van der Waals surface area (Å²) in [5.74, 6) is 1.34. The number of rotatable bonds is 5. The molecule has 128 valence electrons. The summed E-state index contributed by atoms with van der Waals surface area (Å²) in [6, 6.07) is 8.38. The Labute approximate surface area is 150 Å². The lowest BCUT2D eigenvalue weighted by atomic mass is 9.92. The van der Waals surface area contributed by atoms with Crippen molar-refractivity contribution in [2.24, 2.45) is 5.73 Å². The lowest BCUT2D eigenvalue weighted by Crippen LogP contribution is -2.40. The minimum atomic E-state index is 0.0520. The zero-order valence-corrected chi connectivity index (χ0v) is 15.1. The number of aryl methyl sites for hydroxylation is 1. The van der Waals surface area contributed by atoms with E-state index in [2.05, 4.69) is 26.2 Å². The van der Waals surface area contributed by atoms with Gasteiger partial charge in [-0.05, 0) is 31.7 Å². The molecular formula is C18H22BrN3O2. The Morgan fingerprint density at radius 3 is 2.79 bits per heavy atom. The van der Waals surface area contributed by atoms with Crippen molar-refractivity contribution in [2.75, 3.05) is 0 Å². The molecule has 5 nitrogen and oxygen atoms in total. The number of carbonyl (C=O) groups is 1. The Balaban J connectivity index is 1.50. The van der Waals surface area contributed by atoms with E-state index in [9.17, 15) is 4.79 Å². The van der Waals surface area contributed by atoms with Crippen LogP contribution in [0.25, 0.3) is 11.3 Å². The number of hydrogen-bond donors (Lipinski definition) is 2.